The van der Waals surface area contributed by atoms with Crippen LogP contribution in [0.5, 0.6) is 5.75 Å². The molecule has 0 aromatic heterocycles. The summed E-state index contributed by atoms with van der Waals surface area (Å²) in [6, 6.07) is 5.59. The van der Waals surface area contributed by atoms with E-state index in [2.05, 4.69) is 20.8 Å². The number of hydrogen-bond acceptors (Lipinski definition) is 4. The van der Waals surface area contributed by atoms with Gasteiger partial charge in [0.2, 0.25) is 10.0 Å². The number of sulfonamides is 1. The number of hydrogen-bond donors (Lipinski definition) is 0. The molecule has 0 spiro atoms. The number of halogens is 1. The molecule has 1 heterocycles. The Morgan fingerprint density at radius 3 is 2.38 bits per heavy atom. The maximum absolute atomic E-state index is 12.7. The Balaban J connectivity index is 1.75. The minimum atomic E-state index is -3.42. The molecule has 3 rings (SSSR count). The van der Waals surface area contributed by atoms with Crippen LogP contribution in [0.1, 0.15) is 12.8 Å². The molecule has 116 valence electrons. The van der Waals surface area contributed by atoms with Crippen molar-refractivity contribution < 1.29 is 13.2 Å². The minimum Gasteiger partial charge on any atom is -0.496 e. The molecular weight excluding hydrogens is 356 g/mol. The number of piperazine rings is 1. The second-order valence-electron chi connectivity index (χ2n) is 5.47. The number of ether oxygens (including phenoxy) is 1. The van der Waals surface area contributed by atoms with Gasteiger partial charge in [-0.25, -0.2) is 8.42 Å². The molecule has 21 heavy (non-hydrogen) atoms. The average molecular weight is 375 g/mol. The van der Waals surface area contributed by atoms with E-state index in [1.807, 2.05) is 0 Å². The Labute approximate surface area is 134 Å². The van der Waals surface area contributed by atoms with E-state index in [4.69, 9.17) is 4.74 Å². The van der Waals surface area contributed by atoms with Crippen LogP contribution in [-0.2, 0) is 10.0 Å². The lowest BCUT2D eigenvalue weighted by Gasteiger charge is -2.34. The van der Waals surface area contributed by atoms with Crippen LogP contribution in [0.15, 0.2) is 27.6 Å². The molecular formula is C14H19BrN2O3S. The first kappa shape index (κ1) is 15.3. The second-order valence-corrected chi connectivity index (χ2v) is 8.26. The van der Waals surface area contributed by atoms with Crippen molar-refractivity contribution in [1.82, 2.24) is 9.21 Å². The van der Waals surface area contributed by atoms with Crippen LogP contribution < -0.4 is 4.74 Å². The van der Waals surface area contributed by atoms with Crippen molar-refractivity contribution in [3.8, 4) is 5.75 Å². The zero-order valence-corrected chi connectivity index (χ0v) is 14.4. The molecule has 1 aromatic rings. The maximum atomic E-state index is 12.7. The Bertz CT molecular complexity index is 623. The molecule has 0 unspecified atom stereocenters. The molecule has 0 radical (unpaired) electrons. The molecule has 5 nitrogen and oxygen atoms in total. The number of nitrogens with zero attached hydrogens (tertiary/aromatic N) is 2. The van der Waals surface area contributed by atoms with Crippen LogP contribution >= 0.6 is 15.9 Å². The van der Waals surface area contributed by atoms with Gasteiger partial charge in [0.15, 0.2) is 0 Å². The predicted molar refractivity (Wildman–Crippen MR) is 84.0 cm³/mol. The van der Waals surface area contributed by atoms with E-state index in [1.54, 1.807) is 29.6 Å². The Morgan fingerprint density at radius 2 is 1.86 bits per heavy atom. The van der Waals surface area contributed by atoms with Crippen molar-refractivity contribution in [1.29, 1.82) is 0 Å². The lowest BCUT2D eigenvalue weighted by Crippen LogP contribution is -2.49. The van der Waals surface area contributed by atoms with Crippen LogP contribution in [0.3, 0.4) is 0 Å². The summed E-state index contributed by atoms with van der Waals surface area (Å²) in [5.41, 5.74) is 0. The zero-order chi connectivity index (χ0) is 15.0. The summed E-state index contributed by atoms with van der Waals surface area (Å²) < 4.78 is 32.7. The van der Waals surface area contributed by atoms with Gasteiger partial charge in [-0.15, -0.1) is 0 Å². The second kappa shape index (κ2) is 5.87. The highest BCUT2D eigenvalue weighted by Crippen LogP contribution is 2.31. The highest BCUT2D eigenvalue weighted by molar-refractivity contribution is 9.10. The Morgan fingerprint density at radius 1 is 1.19 bits per heavy atom. The van der Waals surface area contributed by atoms with Crippen molar-refractivity contribution in [2.75, 3.05) is 33.3 Å². The molecule has 1 aliphatic heterocycles. The molecule has 7 heteroatoms. The van der Waals surface area contributed by atoms with E-state index in [-0.39, 0.29) is 0 Å². The maximum Gasteiger partial charge on any atom is 0.243 e. The largest absolute Gasteiger partial charge is 0.496 e. The third-order valence-electron chi connectivity index (χ3n) is 4.10. The summed E-state index contributed by atoms with van der Waals surface area (Å²) >= 11 is 3.34. The fourth-order valence-electron chi connectivity index (χ4n) is 2.71. The van der Waals surface area contributed by atoms with Crippen LogP contribution in [0.2, 0.25) is 0 Å². The van der Waals surface area contributed by atoms with Gasteiger partial charge in [-0.2, -0.15) is 4.31 Å². The van der Waals surface area contributed by atoms with Crippen molar-refractivity contribution in [3.05, 3.63) is 22.7 Å². The minimum absolute atomic E-state index is 0.315. The standard InChI is InChI=1S/C14H19BrN2O3S/c1-20-14-5-4-12(10-13(14)15)21(18,19)17-8-6-16(7-9-17)11-2-3-11/h4-5,10-11H,2-3,6-9H2,1H3. The molecule has 0 atom stereocenters. The normalized spacial score (nSPS) is 21.4. The van der Waals surface area contributed by atoms with Gasteiger partial charge in [-0.1, -0.05) is 0 Å². The quantitative estimate of drug-likeness (QED) is 0.807. The fourth-order valence-corrected chi connectivity index (χ4v) is 4.85. The van der Waals surface area contributed by atoms with E-state index in [0.717, 1.165) is 13.1 Å². The highest BCUT2D eigenvalue weighted by atomic mass is 79.9. The van der Waals surface area contributed by atoms with E-state index in [9.17, 15) is 8.42 Å². The summed E-state index contributed by atoms with van der Waals surface area (Å²) in [5, 5.41) is 0. The summed E-state index contributed by atoms with van der Waals surface area (Å²) in [5.74, 6) is 0.632. The van der Waals surface area contributed by atoms with Crippen molar-refractivity contribution in [3.63, 3.8) is 0 Å². The number of methoxy groups -OCH3 is 1. The van der Waals surface area contributed by atoms with E-state index >= 15 is 0 Å². The first-order valence-corrected chi connectivity index (χ1v) is 9.33. The van der Waals surface area contributed by atoms with Crippen molar-refractivity contribution >= 4 is 26.0 Å². The van der Waals surface area contributed by atoms with E-state index in [0.29, 0.717) is 34.2 Å². The molecule has 2 fully saturated rings. The van der Waals surface area contributed by atoms with E-state index < -0.39 is 10.0 Å². The first-order valence-electron chi connectivity index (χ1n) is 7.10. The third kappa shape index (κ3) is 3.11. The van der Waals surface area contributed by atoms with Crippen LogP contribution in [0.4, 0.5) is 0 Å². The molecule has 2 aliphatic rings. The van der Waals surface area contributed by atoms with Gasteiger partial charge < -0.3 is 4.74 Å². The highest BCUT2D eigenvalue weighted by Gasteiger charge is 2.34. The molecule has 1 saturated heterocycles. The SMILES string of the molecule is COc1ccc(S(=O)(=O)N2CCN(C3CC3)CC2)cc1Br. The van der Waals surface area contributed by atoms with Crippen LogP contribution in [-0.4, -0.2) is 57.0 Å². The summed E-state index contributed by atoms with van der Waals surface area (Å²) in [4.78, 5) is 2.71. The lowest BCUT2D eigenvalue weighted by atomic mass is 10.3. The number of benzene rings is 1. The summed E-state index contributed by atoms with van der Waals surface area (Å²) in [7, 11) is -1.86. The third-order valence-corrected chi connectivity index (χ3v) is 6.61. The lowest BCUT2D eigenvalue weighted by molar-refractivity contribution is 0.180. The van der Waals surface area contributed by atoms with Crippen LogP contribution in [0, 0.1) is 0 Å². The van der Waals surface area contributed by atoms with Crippen LogP contribution in [0.25, 0.3) is 0 Å². The first-order chi connectivity index (χ1) is 10.0. The van der Waals surface area contributed by atoms with Gasteiger partial charge in [0.1, 0.15) is 5.75 Å². The predicted octanol–water partition coefficient (Wildman–Crippen LogP) is 1.93. The Kier molecular flexibility index (Phi) is 4.27. The fraction of sp³-hybridized carbons (Fsp3) is 0.571. The average Bonchev–Trinajstić information content (AvgIpc) is 3.32. The molecule has 0 N–H and O–H groups in total. The smallest absolute Gasteiger partial charge is 0.243 e. The van der Waals surface area contributed by atoms with Gasteiger partial charge in [0.25, 0.3) is 0 Å². The molecule has 1 aliphatic carbocycles. The molecule has 0 amide bonds. The van der Waals surface area contributed by atoms with Gasteiger partial charge in [0, 0.05) is 32.2 Å². The molecule has 1 saturated carbocycles. The van der Waals surface area contributed by atoms with Gasteiger partial charge in [-0.05, 0) is 47.0 Å². The van der Waals surface area contributed by atoms with Gasteiger partial charge in [0.05, 0.1) is 16.5 Å². The monoisotopic (exact) mass is 374 g/mol. The molecule has 0 bridgehead atoms. The summed E-state index contributed by atoms with van der Waals surface area (Å²) in [6.45, 7) is 2.81. The zero-order valence-electron chi connectivity index (χ0n) is 12.0. The van der Waals surface area contributed by atoms with Crippen molar-refractivity contribution in [2.45, 2.75) is 23.8 Å². The van der Waals surface area contributed by atoms with Gasteiger partial charge in [-0.3, -0.25) is 4.90 Å². The summed E-state index contributed by atoms with van der Waals surface area (Å²) in [6.07, 6.45) is 2.52. The number of rotatable bonds is 4. The Hall–Kier alpha value is -0.630. The van der Waals surface area contributed by atoms with E-state index in [1.165, 1.54) is 12.8 Å². The van der Waals surface area contributed by atoms with Crippen molar-refractivity contribution in [2.24, 2.45) is 0 Å². The molecule has 1 aromatic carbocycles. The van der Waals surface area contributed by atoms with Gasteiger partial charge >= 0.3 is 0 Å². The topological polar surface area (TPSA) is 49.9 Å².